The summed E-state index contributed by atoms with van der Waals surface area (Å²) in [7, 11) is -7.54. The summed E-state index contributed by atoms with van der Waals surface area (Å²) in [4.78, 5) is 16.8. The van der Waals surface area contributed by atoms with Crippen LogP contribution >= 0.6 is 23.2 Å². The molecule has 2 aromatic carbocycles. The zero-order valence-electron chi connectivity index (χ0n) is 23.7. The van der Waals surface area contributed by atoms with Crippen LogP contribution in [0, 0.1) is 5.92 Å². The quantitative estimate of drug-likeness (QED) is 0.194. The topological polar surface area (TPSA) is 150 Å². The lowest BCUT2D eigenvalue weighted by Gasteiger charge is -2.21. The normalized spacial score (nSPS) is 14.2. The number of hydrogen-bond acceptors (Lipinski definition) is 9. The van der Waals surface area contributed by atoms with Crippen LogP contribution in [0.2, 0.25) is 10.0 Å². The highest BCUT2D eigenvalue weighted by Crippen LogP contribution is 2.37. The third-order valence-corrected chi connectivity index (χ3v) is 8.95. The molecule has 0 spiro atoms. The fourth-order valence-electron chi connectivity index (χ4n) is 4.09. The van der Waals surface area contributed by atoms with Crippen molar-refractivity contribution in [3.05, 3.63) is 81.6 Å². The first-order chi connectivity index (χ1) is 21.2. The molecule has 17 heteroatoms. The summed E-state index contributed by atoms with van der Waals surface area (Å²) in [5, 5.41) is 0.370. The molecule has 0 radical (unpaired) electrons. The molecule has 1 aliphatic carbocycles. The number of aromatic nitrogens is 1. The number of nitrogens with zero attached hydrogens (tertiary/aromatic N) is 1. The zero-order chi connectivity index (χ0) is 32.8. The number of ether oxygens (including phenoxy) is 3. The molecule has 0 bridgehead atoms. The second-order valence-corrected chi connectivity index (χ2v) is 14.6. The highest BCUT2D eigenvalue weighted by atomic mass is 35.5. The number of rotatable bonds is 16. The molecule has 3 aromatic rings. The molecule has 0 aliphatic heterocycles. The first kappa shape index (κ1) is 34.6. The molecule has 1 aromatic heterocycles. The van der Waals surface area contributed by atoms with E-state index in [4.69, 9.17) is 32.7 Å². The van der Waals surface area contributed by atoms with Crippen LogP contribution in [0.25, 0.3) is 0 Å². The van der Waals surface area contributed by atoms with E-state index in [1.54, 1.807) is 0 Å². The molecule has 1 heterocycles. The Morgan fingerprint density at radius 3 is 2.29 bits per heavy atom. The average Bonchev–Trinajstić information content (AvgIpc) is 3.77. The summed E-state index contributed by atoms with van der Waals surface area (Å²) in [6, 6.07) is 9.74. The van der Waals surface area contributed by atoms with Gasteiger partial charge in [0.2, 0.25) is 20.0 Å². The molecule has 1 saturated carbocycles. The van der Waals surface area contributed by atoms with E-state index in [9.17, 15) is 30.4 Å². The van der Waals surface area contributed by atoms with Crippen molar-refractivity contribution in [1.82, 2.24) is 9.71 Å². The number of halogens is 4. The van der Waals surface area contributed by atoms with Crippen LogP contribution in [0.1, 0.15) is 35.6 Å². The lowest BCUT2D eigenvalue weighted by molar-refractivity contribution is -0.148. The third-order valence-electron chi connectivity index (χ3n) is 6.39. The van der Waals surface area contributed by atoms with Crippen LogP contribution in [0.3, 0.4) is 0 Å². The maximum atomic E-state index is 13.1. The number of carbonyl (C=O) groups is 1. The summed E-state index contributed by atoms with van der Waals surface area (Å²) < 4.78 is 94.7. The Morgan fingerprint density at radius 2 is 1.69 bits per heavy atom. The summed E-state index contributed by atoms with van der Waals surface area (Å²) in [6.45, 7) is -3.55. The highest BCUT2D eigenvalue weighted by molar-refractivity contribution is 7.92. The van der Waals surface area contributed by atoms with Crippen molar-refractivity contribution in [3.8, 4) is 11.5 Å². The van der Waals surface area contributed by atoms with Gasteiger partial charge < -0.3 is 14.2 Å². The van der Waals surface area contributed by atoms with E-state index < -0.39 is 51.0 Å². The Hall–Kier alpha value is -3.24. The van der Waals surface area contributed by atoms with Crippen molar-refractivity contribution in [2.24, 2.45) is 5.92 Å². The van der Waals surface area contributed by atoms with Crippen molar-refractivity contribution in [2.75, 3.05) is 24.1 Å². The summed E-state index contributed by atoms with van der Waals surface area (Å²) >= 11 is 12.6. The average molecular weight is 709 g/mol. The van der Waals surface area contributed by atoms with Crippen LogP contribution in [0.5, 0.6) is 11.5 Å². The molecule has 1 aliphatic rings. The van der Waals surface area contributed by atoms with Gasteiger partial charge in [0.1, 0.15) is 12.6 Å². The Labute approximate surface area is 269 Å². The molecule has 1 atom stereocenters. The van der Waals surface area contributed by atoms with Gasteiger partial charge in [0.05, 0.1) is 28.7 Å². The smallest absolute Gasteiger partial charge is 0.387 e. The number of benzene rings is 2. The molecule has 0 saturated heterocycles. The number of hydrogen-bond donors (Lipinski definition) is 2. The summed E-state index contributed by atoms with van der Waals surface area (Å²) in [5.74, 6) is -1.34. The van der Waals surface area contributed by atoms with E-state index in [2.05, 4.69) is 19.2 Å². The minimum atomic E-state index is -4.03. The fourth-order valence-corrected chi connectivity index (χ4v) is 6.25. The van der Waals surface area contributed by atoms with Crippen molar-refractivity contribution in [2.45, 2.75) is 37.7 Å². The predicted octanol–water partition coefficient (Wildman–Crippen LogP) is 5.10. The maximum absolute atomic E-state index is 13.1. The van der Waals surface area contributed by atoms with E-state index in [0.717, 1.165) is 19.1 Å². The van der Waals surface area contributed by atoms with Gasteiger partial charge in [-0.1, -0.05) is 41.4 Å². The monoisotopic (exact) mass is 707 g/mol. The molecule has 2 N–H and O–H groups in total. The SMILES string of the molecule is CS(=O)(=O)Nc1ccc(CS(=O)(=O)NCC(=O)O[C@@H](Cc2c(Cl)cncc2Cl)c2ccc(OC(F)F)c(OCC3CC3)c2)cc1. The Balaban J connectivity index is 1.50. The molecule has 1 fully saturated rings. The van der Waals surface area contributed by atoms with Gasteiger partial charge in [0, 0.05) is 24.5 Å². The van der Waals surface area contributed by atoms with E-state index in [-0.39, 0.29) is 40.3 Å². The van der Waals surface area contributed by atoms with E-state index in [0.29, 0.717) is 22.6 Å². The van der Waals surface area contributed by atoms with Gasteiger partial charge in [-0.2, -0.15) is 8.78 Å². The Bertz CT molecular complexity index is 1710. The number of alkyl halides is 2. The summed E-state index contributed by atoms with van der Waals surface area (Å²) in [5.41, 5.74) is 1.30. The van der Waals surface area contributed by atoms with E-state index in [1.165, 1.54) is 54.9 Å². The Kier molecular flexibility index (Phi) is 11.5. The number of pyridine rings is 1. The summed E-state index contributed by atoms with van der Waals surface area (Å²) in [6.07, 6.45) is 4.42. The molecular weight excluding hydrogens is 679 g/mol. The number of nitrogens with one attached hydrogen (secondary N) is 2. The Morgan fingerprint density at radius 1 is 1.02 bits per heavy atom. The first-order valence-corrected chi connectivity index (χ1v) is 17.7. The molecule has 244 valence electrons. The van der Waals surface area contributed by atoms with Gasteiger partial charge in [0.15, 0.2) is 11.5 Å². The highest BCUT2D eigenvalue weighted by Gasteiger charge is 2.26. The number of anilines is 1. The van der Waals surface area contributed by atoms with Crippen LogP contribution in [-0.4, -0.2) is 53.8 Å². The second kappa shape index (κ2) is 14.9. The molecule has 11 nitrogen and oxygen atoms in total. The lowest BCUT2D eigenvalue weighted by Crippen LogP contribution is -2.32. The lowest BCUT2D eigenvalue weighted by atomic mass is 10.0. The van der Waals surface area contributed by atoms with Crippen LogP contribution < -0.4 is 18.9 Å². The van der Waals surface area contributed by atoms with Gasteiger partial charge in [0.25, 0.3) is 0 Å². The van der Waals surface area contributed by atoms with Crippen molar-refractivity contribution in [1.29, 1.82) is 0 Å². The number of sulfonamides is 2. The van der Waals surface area contributed by atoms with Crippen molar-refractivity contribution in [3.63, 3.8) is 0 Å². The zero-order valence-corrected chi connectivity index (χ0v) is 26.9. The predicted molar refractivity (Wildman–Crippen MR) is 164 cm³/mol. The van der Waals surface area contributed by atoms with Crippen molar-refractivity contribution >= 4 is 54.9 Å². The molecule has 0 unspecified atom stereocenters. The molecule has 45 heavy (non-hydrogen) atoms. The van der Waals surface area contributed by atoms with Gasteiger partial charge in [-0.15, -0.1) is 0 Å². The standard InChI is InChI=1S/C28H29Cl2F2N3O8S2/c1-44(37,38)35-20-7-4-18(5-8-20)16-45(39,40)34-14-27(36)42-25(11-21-22(29)12-33-13-23(21)30)19-6-9-24(43-28(31)32)26(10-19)41-15-17-2-3-17/h4-10,12-13,17,25,28,34-35H,2-3,11,14-16H2,1H3/t25-/m0/s1. The van der Waals surface area contributed by atoms with Crippen LogP contribution in [0.4, 0.5) is 14.5 Å². The first-order valence-electron chi connectivity index (χ1n) is 13.4. The molecule has 0 amide bonds. The molecule has 4 rings (SSSR count). The van der Waals surface area contributed by atoms with Crippen molar-refractivity contribution < 1.29 is 44.6 Å². The third kappa shape index (κ3) is 11.3. The van der Waals surface area contributed by atoms with Crippen LogP contribution in [-0.2, 0) is 41.8 Å². The number of carbonyl (C=O) groups excluding carboxylic acids is 1. The minimum Gasteiger partial charge on any atom is -0.489 e. The van der Waals surface area contributed by atoms with E-state index >= 15 is 0 Å². The van der Waals surface area contributed by atoms with E-state index in [1.807, 2.05) is 0 Å². The molecular formula is C28H29Cl2F2N3O8S2. The fraction of sp³-hybridized carbons (Fsp3) is 0.357. The largest absolute Gasteiger partial charge is 0.489 e. The van der Waals surface area contributed by atoms with Crippen LogP contribution in [0.15, 0.2) is 54.9 Å². The van der Waals surface area contributed by atoms with Gasteiger partial charge in [-0.05, 0) is 59.7 Å². The second-order valence-electron chi connectivity index (χ2n) is 10.3. The maximum Gasteiger partial charge on any atom is 0.387 e. The van der Waals surface area contributed by atoms with Gasteiger partial charge >= 0.3 is 12.6 Å². The van der Waals surface area contributed by atoms with Gasteiger partial charge in [-0.25, -0.2) is 21.6 Å². The minimum absolute atomic E-state index is 0.0196. The van der Waals surface area contributed by atoms with Gasteiger partial charge in [-0.3, -0.25) is 14.5 Å². The number of esters is 1.